The highest BCUT2D eigenvalue weighted by Gasteiger charge is 2.39. The number of benzene rings is 2. The Kier molecular flexibility index (Phi) is 7.30. The monoisotopic (exact) mass is 468 g/mol. The first-order chi connectivity index (χ1) is 13.4. The standard InChI is InChI=1S/C17H16ClF3N2O4S2/c1-10(24)22-13-9-11(7-8-14(13)27-2)29(25,26)23-12-5-3-4-6-15(12)28-16(18)17(19,20)21/h3-9,16,23H,1-2H3,(H,22,24). The molecule has 2 N–H and O–H groups in total. The smallest absolute Gasteiger partial charge is 0.414 e. The van der Waals surface area contributed by atoms with Crippen LogP contribution in [0.15, 0.2) is 52.3 Å². The van der Waals surface area contributed by atoms with Crippen LogP contribution in [0.5, 0.6) is 5.75 Å². The highest BCUT2D eigenvalue weighted by molar-refractivity contribution is 8.01. The summed E-state index contributed by atoms with van der Waals surface area (Å²) in [7, 11) is -2.83. The highest BCUT2D eigenvalue weighted by atomic mass is 35.5. The summed E-state index contributed by atoms with van der Waals surface area (Å²) >= 11 is 5.63. The van der Waals surface area contributed by atoms with Crippen molar-refractivity contribution in [3.05, 3.63) is 42.5 Å². The number of carbonyl (C=O) groups excluding carboxylic acids is 1. The number of halogens is 4. The Morgan fingerprint density at radius 1 is 1.17 bits per heavy atom. The van der Waals surface area contributed by atoms with Gasteiger partial charge in [0.05, 0.1) is 23.4 Å². The predicted molar refractivity (Wildman–Crippen MR) is 106 cm³/mol. The van der Waals surface area contributed by atoms with Gasteiger partial charge in [0, 0.05) is 11.8 Å². The topological polar surface area (TPSA) is 84.5 Å². The van der Waals surface area contributed by atoms with Gasteiger partial charge in [-0.1, -0.05) is 23.9 Å². The number of ether oxygens (including phenoxy) is 1. The average molecular weight is 469 g/mol. The summed E-state index contributed by atoms with van der Waals surface area (Å²) in [5.41, 5.74) is 0.0627. The van der Waals surface area contributed by atoms with Gasteiger partial charge < -0.3 is 10.1 Å². The van der Waals surface area contributed by atoms with E-state index in [-0.39, 0.29) is 38.7 Å². The minimum Gasteiger partial charge on any atom is -0.495 e. The summed E-state index contributed by atoms with van der Waals surface area (Å²) in [5.74, 6) is -0.196. The number of methoxy groups -OCH3 is 1. The van der Waals surface area contributed by atoms with E-state index in [4.69, 9.17) is 16.3 Å². The summed E-state index contributed by atoms with van der Waals surface area (Å²) in [4.78, 5) is 11.1. The zero-order valence-electron chi connectivity index (χ0n) is 15.1. The van der Waals surface area contributed by atoms with Gasteiger partial charge in [-0.3, -0.25) is 9.52 Å². The van der Waals surface area contributed by atoms with Crippen molar-refractivity contribution >= 4 is 50.7 Å². The fourth-order valence-electron chi connectivity index (χ4n) is 2.18. The minimum absolute atomic E-state index is 0.00370. The second-order valence-electron chi connectivity index (χ2n) is 5.62. The van der Waals surface area contributed by atoms with E-state index in [9.17, 15) is 26.4 Å². The number of hydrogen-bond donors (Lipinski definition) is 2. The van der Waals surface area contributed by atoms with Crippen LogP contribution < -0.4 is 14.8 Å². The molecule has 0 fully saturated rings. The van der Waals surface area contributed by atoms with Crippen molar-refractivity contribution in [2.75, 3.05) is 17.1 Å². The quantitative estimate of drug-likeness (QED) is 0.455. The molecule has 1 amide bonds. The van der Waals surface area contributed by atoms with Crippen molar-refractivity contribution in [3.63, 3.8) is 0 Å². The van der Waals surface area contributed by atoms with Gasteiger partial charge in [0.25, 0.3) is 10.0 Å². The van der Waals surface area contributed by atoms with Crippen molar-refractivity contribution in [1.29, 1.82) is 0 Å². The molecule has 0 bridgehead atoms. The van der Waals surface area contributed by atoms with Gasteiger partial charge in [-0.15, -0.1) is 11.6 Å². The van der Waals surface area contributed by atoms with Gasteiger partial charge in [0.1, 0.15) is 5.75 Å². The molecule has 12 heteroatoms. The highest BCUT2D eigenvalue weighted by Crippen LogP contribution is 2.41. The number of thioether (sulfide) groups is 1. The molecule has 2 aromatic carbocycles. The van der Waals surface area contributed by atoms with E-state index in [1.165, 1.54) is 56.5 Å². The summed E-state index contributed by atoms with van der Waals surface area (Å²) in [6.45, 7) is 1.25. The first-order valence-electron chi connectivity index (χ1n) is 7.89. The zero-order chi connectivity index (χ0) is 21.8. The normalized spacial score (nSPS) is 12.9. The van der Waals surface area contributed by atoms with E-state index in [0.717, 1.165) is 0 Å². The van der Waals surface area contributed by atoms with Gasteiger partial charge in [-0.05, 0) is 30.3 Å². The summed E-state index contributed by atoms with van der Waals surface area (Å²) in [6.07, 6.45) is -4.67. The van der Waals surface area contributed by atoms with E-state index in [1.807, 2.05) is 0 Å². The number of sulfonamides is 1. The van der Waals surface area contributed by atoms with Crippen LogP contribution in [0, 0.1) is 0 Å². The maximum absolute atomic E-state index is 12.8. The van der Waals surface area contributed by atoms with Gasteiger partial charge in [0.15, 0.2) is 4.71 Å². The first-order valence-corrected chi connectivity index (χ1v) is 10.7. The van der Waals surface area contributed by atoms with Gasteiger partial charge >= 0.3 is 6.18 Å². The van der Waals surface area contributed by atoms with Gasteiger partial charge in [-0.2, -0.15) is 13.2 Å². The van der Waals surface area contributed by atoms with Crippen molar-refractivity contribution in [2.24, 2.45) is 0 Å². The largest absolute Gasteiger partial charge is 0.495 e. The van der Waals surface area contributed by atoms with E-state index < -0.39 is 26.8 Å². The molecule has 0 aliphatic carbocycles. The third-order valence-electron chi connectivity index (χ3n) is 3.41. The van der Waals surface area contributed by atoms with Crippen LogP contribution >= 0.6 is 23.4 Å². The number of hydrogen-bond acceptors (Lipinski definition) is 5. The lowest BCUT2D eigenvalue weighted by atomic mass is 10.3. The fourth-order valence-corrected chi connectivity index (χ4v) is 4.40. The molecule has 29 heavy (non-hydrogen) atoms. The Balaban J connectivity index is 2.36. The second kappa shape index (κ2) is 9.14. The first kappa shape index (κ1) is 23.2. The third kappa shape index (κ3) is 6.18. The van der Waals surface area contributed by atoms with Crippen LogP contribution in [0.4, 0.5) is 24.5 Å². The lowest BCUT2D eigenvalue weighted by Crippen LogP contribution is -2.20. The van der Waals surface area contributed by atoms with Crippen LogP contribution in [0.3, 0.4) is 0 Å². The predicted octanol–water partition coefficient (Wildman–Crippen LogP) is 4.67. The zero-order valence-corrected chi connectivity index (χ0v) is 17.5. The second-order valence-corrected chi connectivity index (χ2v) is 9.14. The molecule has 1 atom stereocenters. The van der Waals surface area contributed by atoms with Gasteiger partial charge in [-0.25, -0.2) is 8.42 Å². The molecular weight excluding hydrogens is 453 g/mol. The number of rotatable bonds is 7. The van der Waals surface area contributed by atoms with E-state index >= 15 is 0 Å². The third-order valence-corrected chi connectivity index (χ3v) is 6.37. The van der Waals surface area contributed by atoms with Crippen LogP contribution in [-0.4, -0.2) is 32.3 Å². The molecule has 158 valence electrons. The number of nitrogens with one attached hydrogen (secondary N) is 2. The van der Waals surface area contributed by atoms with E-state index in [0.29, 0.717) is 0 Å². The molecule has 0 radical (unpaired) electrons. The Morgan fingerprint density at radius 2 is 1.83 bits per heavy atom. The molecule has 0 spiro atoms. The van der Waals surface area contributed by atoms with E-state index in [1.54, 1.807) is 0 Å². The maximum atomic E-state index is 12.8. The molecule has 2 rings (SSSR count). The molecule has 0 saturated heterocycles. The van der Waals surface area contributed by atoms with Crippen molar-refractivity contribution < 1.29 is 31.1 Å². The van der Waals surface area contributed by atoms with Crippen LogP contribution in [-0.2, 0) is 14.8 Å². The van der Waals surface area contributed by atoms with Crippen LogP contribution in [0.25, 0.3) is 0 Å². The SMILES string of the molecule is COc1ccc(S(=O)(=O)Nc2ccccc2SC(Cl)C(F)(F)F)cc1NC(C)=O. The summed E-state index contributed by atoms with van der Waals surface area (Å²) in [5, 5.41) is 2.45. The molecule has 2 aromatic rings. The molecule has 0 heterocycles. The van der Waals surface area contributed by atoms with Crippen molar-refractivity contribution in [2.45, 2.75) is 27.6 Å². The van der Waals surface area contributed by atoms with Crippen molar-refractivity contribution in [1.82, 2.24) is 0 Å². The molecule has 6 nitrogen and oxygen atoms in total. The summed E-state index contributed by atoms with van der Waals surface area (Å²) in [6, 6.07) is 9.33. The lowest BCUT2D eigenvalue weighted by molar-refractivity contribution is -0.114. The number of carbonyl (C=O) groups is 1. The molecule has 0 saturated carbocycles. The Morgan fingerprint density at radius 3 is 2.41 bits per heavy atom. The Bertz CT molecular complexity index is 1000. The number of amides is 1. The number of alkyl halides is 4. The minimum atomic E-state index is -4.67. The Labute approximate surface area is 174 Å². The molecule has 0 aliphatic rings. The van der Waals surface area contributed by atoms with Gasteiger partial charge in [0.2, 0.25) is 5.91 Å². The fraction of sp³-hybridized carbons (Fsp3) is 0.235. The lowest BCUT2D eigenvalue weighted by Gasteiger charge is -2.17. The number of anilines is 2. The number of para-hydroxylation sites is 1. The van der Waals surface area contributed by atoms with Crippen molar-refractivity contribution in [3.8, 4) is 5.75 Å². The molecular formula is C17H16ClF3N2O4S2. The summed E-state index contributed by atoms with van der Waals surface area (Å²) < 4.78 is 68.8. The van der Waals surface area contributed by atoms with Crippen LogP contribution in [0.1, 0.15) is 6.92 Å². The molecule has 0 aliphatic heterocycles. The maximum Gasteiger partial charge on any atom is 0.414 e. The average Bonchev–Trinajstić information content (AvgIpc) is 2.61. The van der Waals surface area contributed by atoms with E-state index in [2.05, 4.69) is 10.0 Å². The van der Waals surface area contributed by atoms with Crippen LogP contribution in [0.2, 0.25) is 0 Å². The Hall–Kier alpha value is -2.11. The molecule has 1 unspecified atom stereocenters. The molecule has 0 aromatic heterocycles.